The molecule has 3 fully saturated rings. The lowest BCUT2D eigenvalue weighted by Gasteiger charge is -2.29. The summed E-state index contributed by atoms with van der Waals surface area (Å²) in [6, 6.07) is 0.545. The first kappa shape index (κ1) is 10.1. The van der Waals surface area contributed by atoms with Crippen LogP contribution >= 0.6 is 0 Å². The van der Waals surface area contributed by atoms with Crippen LogP contribution in [0.25, 0.3) is 0 Å². The summed E-state index contributed by atoms with van der Waals surface area (Å²) in [6.07, 6.45) is 13.2. The van der Waals surface area contributed by atoms with Crippen LogP contribution in [0.4, 0.5) is 0 Å². The molecule has 4 unspecified atom stereocenters. The summed E-state index contributed by atoms with van der Waals surface area (Å²) in [5.41, 5.74) is 6.45. The summed E-state index contributed by atoms with van der Waals surface area (Å²) < 4.78 is 0. The monoisotopic (exact) mass is 207 g/mol. The third-order valence-corrected chi connectivity index (χ3v) is 5.42. The second-order valence-electron chi connectivity index (χ2n) is 6.39. The van der Waals surface area contributed by atoms with Gasteiger partial charge in [-0.3, -0.25) is 0 Å². The molecule has 86 valence electrons. The van der Waals surface area contributed by atoms with Crippen molar-refractivity contribution in [1.82, 2.24) is 0 Å². The van der Waals surface area contributed by atoms with Crippen LogP contribution in [0.1, 0.15) is 57.8 Å². The molecule has 1 heteroatoms. The van der Waals surface area contributed by atoms with Gasteiger partial charge in [0.15, 0.2) is 0 Å². The minimum atomic E-state index is 0.545. The molecule has 0 saturated heterocycles. The average Bonchev–Trinajstić information content (AvgIpc) is 2.93. The van der Waals surface area contributed by atoms with Gasteiger partial charge in [-0.15, -0.1) is 0 Å². The SMILES string of the molecule is NC(CC1CCCC1)C1CC2CCC1C2. The maximum atomic E-state index is 6.45. The van der Waals surface area contributed by atoms with Gasteiger partial charge in [0.2, 0.25) is 0 Å². The van der Waals surface area contributed by atoms with E-state index in [1.165, 1.54) is 57.8 Å². The van der Waals surface area contributed by atoms with Gasteiger partial charge in [-0.2, -0.15) is 0 Å². The topological polar surface area (TPSA) is 26.0 Å². The second kappa shape index (κ2) is 4.08. The predicted octanol–water partition coefficient (Wildman–Crippen LogP) is 3.33. The fourth-order valence-corrected chi connectivity index (χ4v) is 4.62. The summed E-state index contributed by atoms with van der Waals surface area (Å²) in [7, 11) is 0. The highest BCUT2D eigenvalue weighted by Gasteiger charge is 2.42. The maximum absolute atomic E-state index is 6.45. The molecule has 0 aromatic carbocycles. The van der Waals surface area contributed by atoms with E-state index in [9.17, 15) is 0 Å². The van der Waals surface area contributed by atoms with Crippen LogP contribution in [0.3, 0.4) is 0 Å². The van der Waals surface area contributed by atoms with Crippen molar-refractivity contribution >= 4 is 0 Å². The Kier molecular flexibility index (Phi) is 2.76. The maximum Gasteiger partial charge on any atom is 0.00725 e. The molecule has 15 heavy (non-hydrogen) atoms. The third kappa shape index (κ3) is 1.95. The zero-order valence-corrected chi connectivity index (χ0v) is 9.83. The van der Waals surface area contributed by atoms with Crippen molar-refractivity contribution in [1.29, 1.82) is 0 Å². The van der Waals surface area contributed by atoms with Gasteiger partial charge in [0.1, 0.15) is 0 Å². The molecule has 0 aliphatic heterocycles. The highest BCUT2D eigenvalue weighted by molar-refractivity contribution is 4.95. The molecule has 0 aromatic rings. The Hall–Kier alpha value is -0.0400. The molecular weight excluding hydrogens is 182 g/mol. The summed E-state index contributed by atoms with van der Waals surface area (Å²) in [4.78, 5) is 0. The zero-order valence-electron chi connectivity index (χ0n) is 9.83. The highest BCUT2D eigenvalue weighted by atomic mass is 14.7. The van der Waals surface area contributed by atoms with Gasteiger partial charge in [-0.25, -0.2) is 0 Å². The van der Waals surface area contributed by atoms with Crippen LogP contribution in [0.2, 0.25) is 0 Å². The number of nitrogens with two attached hydrogens (primary N) is 1. The highest BCUT2D eigenvalue weighted by Crippen LogP contribution is 2.50. The summed E-state index contributed by atoms with van der Waals surface area (Å²) in [6.45, 7) is 0. The normalized spacial score (nSPS) is 42.6. The van der Waals surface area contributed by atoms with Gasteiger partial charge in [-0.1, -0.05) is 32.1 Å². The lowest BCUT2D eigenvalue weighted by Crippen LogP contribution is -2.35. The van der Waals surface area contributed by atoms with Crippen molar-refractivity contribution in [2.24, 2.45) is 29.4 Å². The molecule has 0 aromatic heterocycles. The predicted molar refractivity (Wildman–Crippen MR) is 63.5 cm³/mol. The lowest BCUT2D eigenvalue weighted by atomic mass is 9.80. The summed E-state index contributed by atoms with van der Waals surface area (Å²) in [5, 5.41) is 0. The van der Waals surface area contributed by atoms with Crippen molar-refractivity contribution in [3.63, 3.8) is 0 Å². The van der Waals surface area contributed by atoms with Crippen molar-refractivity contribution in [3.05, 3.63) is 0 Å². The fraction of sp³-hybridized carbons (Fsp3) is 1.00. The first-order chi connectivity index (χ1) is 7.33. The Bertz CT molecular complexity index is 219. The molecular formula is C14H25N. The van der Waals surface area contributed by atoms with Gasteiger partial charge in [0.05, 0.1) is 0 Å². The molecule has 3 aliphatic carbocycles. The summed E-state index contributed by atoms with van der Waals surface area (Å²) in [5.74, 6) is 3.98. The van der Waals surface area contributed by atoms with Gasteiger partial charge >= 0.3 is 0 Å². The van der Waals surface area contributed by atoms with Gasteiger partial charge < -0.3 is 5.73 Å². The van der Waals surface area contributed by atoms with E-state index < -0.39 is 0 Å². The minimum absolute atomic E-state index is 0.545. The number of rotatable bonds is 3. The number of hydrogen-bond donors (Lipinski definition) is 1. The number of fused-ring (bicyclic) bond motifs is 2. The van der Waals surface area contributed by atoms with Crippen LogP contribution < -0.4 is 5.73 Å². The average molecular weight is 207 g/mol. The minimum Gasteiger partial charge on any atom is -0.327 e. The Morgan fingerprint density at radius 2 is 1.80 bits per heavy atom. The van der Waals surface area contributed by atoms with Gasteiger partial charge in [-0.05, 0) is 49.4 Å². The van der Waals surface area contributed by atoms with E-state index in [-0.39, 0.29) is 0 Å². The molecule has 4 atom stereocenters. The third-order valence-electron chi connectivity index (χ3n) is 5.42. The van der Waals surface area contributed by atoms with Crippen molar-refractivity contribution in [3.8, 4) is 0 Å². The van der Waals surface area contributed by atoms with Crippen molar-refractivity contribution in [2.75, 3.05) is 0 Å². The van der Waals surface area contributed by atoms with E-state index in [1.54, 1.807) is 0 Å². The summed E-state index contributed by atoms with van der Waals surface area (Å²) >= 11 is 0. The molecule has 0 amide bonds. The molecule has 2 bridgehead atoms. The van der Waals surface area contributed by atoms with Gasteiger partial charge in [0.25, 0.3) is 0 Å². The van der Waals surface area contributed by atoms with E-state index in [1.807, 2.05) is 0 Å². The molecule has 1 nitrogen and oxygen atoms in total. The largest absolute Gasteiger partial charge is 0.327 e. The van der Waals surface area contributed by atoms with E-state index >= 15 is 0 Å². The quantitative estimate of drug-likeness (QED) is 0.754. The van der Waals surface area contributed by atoms with Crippen molar-refractivity contribution in [2.45, 2.75) is 63.8 Å². The Morgan fingerprint density at radius 3 is 2.40 bits per heavy atom. The van der Waals surface area contributed by atoms with E-state index in [4.69, 9.17) is 5.73 Å². The Morgan fingerprint density at radius 1 is 1.00 bits per heavy atom. The van der Waals surface area contributed by atoms with Crippen LogP contribution in [-0.2, 0) is 0 Å². The molecule has 2 N–H and O–H groups in total. The number of hydrogen-bond acceptors (Lipinski definition) is 1. The standard InChI is InChI=1S/C14H25N/c15-14(9-10-3-1-2-4-10)13-8-11-5-6-12(13)7-11/h10-14H,1-9,15H2. The lowest BCUT2D eigenvalue weighted by molar-refractivity contribution is 0.250. The van der Waals surface area contributed by atoms with Crippen LogP contribution in [0.5, 0.6) is 0 Å². The van der Waals surface area contributed by atoms with Crippen LogP contribution in [-0.4, -0.2) is 6.04 Å². The Labute approximate surface area is 93.8 Å². The molecule has 3 rings (SSSR count). The van der Waals surface area contributed by atoms with Crippen molar-refractivity contribution < 1.29 is 0 Å². The van der Waals surface area contributed by atoms with Crippen LogP contribution in [0, 0.1) is 23.7 Å². The van der Waals surface area contributed by atoms with E-state index in [0.29, 0.717) is 6.04 Å². The smallest absolute Gasteiger partial charge is 0.00725 e. The van der Waals surface area contributed by atoms with Gasteiger partial charge in [0, 0.05) is 6.04 Å². The Balaban J connectivity index is 1.53. The molecule has 0 radical (unpaired) electrons. The van der Waals surface area contributed by atoms with Crippen LogP contribution in [0.15, 0.2) is 0 Å². The second-order valence-corrected chi connectivity index (χ2v) is 6.39. The molecule has 3 saturated carbocycles. The molecule has 3 aliphatic rings. The molecule has 0 heterocycles. The van der Waals surface area contributed by atoms with E-state index in [2.05, 4.69) is 0 Å². The zero-order chi connectivity index (χ0) is 10.3. The fourth-order valence-electron chi connectivity index (χ4n) is 4.62. The first-order valence-electron chi connectivity index (χ1n) is 7.08. The molecule has 0 spiro atoms. The first-order valence-corrected chi connectivity index (χ1v) is 7.08. The van der Waals surface area contributed by atoms with E-state index in [0.717, 1.165) is 23.7 Å².